The maximum absolute atomic E-state index is 13.0. The third-order valence-electron chi connectivity index (χ3n) is 2.72. The molecule has 0 aliphatic heterocycles. The standard InChI is InChI=1S/C13H16FN3O/c1-2-17-8-13(7-16-17)18-9-10-3-4-12(14)5-11(10)6-15/h3-5,7-8H,2,6,9,15H2,1H3. The minimum atomic E-state index is -0.280. The second-order valence-electron chi connectivity index (χ2n) is 3.94. The van der Waals surface area contributed by atoms with Gasteiger partial charge in [0, 0.05) is 13.1 Å². The lowest BCUT2D eigenvalue weighted by Crippen LogP contribution is -2.05. The molecule has 0 spiro atoms. The van der Waals surface area contributed by atoms with E-state index in [-0.39, 0.29) is 5.82 Å². The van der Waals surface area contributed by atoms with Crippen LogP contribution in [0.5, 0.6) is 5.75 Å². The van der Waals surface area contributed by atoms with Gasteiger partial charge >= 0.3 is 0 Å². The van der Waals surface area contributed by atoms with Gasteiger partial charge in [0.05, 0.1) is 12.4 Å². The smallest absolute Gasteiger partial charge is 0.157 e. The topological polar surface area (TPSA) is 53.1 Å². The molecule has 18 heavy (non-hydrogen) atoms. The van der Waals surface area contributed by atoms with Crippen LogP contribution in [0.15, 0.2) is 30.6 Å². The van der Waals surface area contributed by atoms with Crippen LogP contribution in [0.25, 0.3) is 0 Å². The zero-order valence-electron chi connectivity index (χ0n) is 10.3. The minimum absolute atomic E-state index is 0.280. The number of benzene rings is 1. The molecule has 0 unspecified atom stereocenters. The summed E-state index contributed by atoms with van der Waals surface area (Å²) in [5.41, 5.74) is 7.23. The molecule has 0 aliphatic rings. The van der Waals surface area contributed by atoms with Crippen LogP contribution < -0.4 is 10.5 Å². The molecule has 4 nitrogen and oxygen atoms in total. The number of halogens is 1. The van der Waals surface area contributed by atoms with E-state index < -0.39 is 0 Å². The highest BCUT2D eigenvalue weighted by molar-refractivity contribution is 5.28. The second-order valence-corrected chi connectivity index (χ2v) is 3.94. The Morgan fingerprint density at radius 1 is 1.39 bits per heavy atom. The first-order valence-electron chi connectivity index (χ1n) is 5.85. The number of nitrogens with two attached hydrogens (primary N) is 1. The Balaban J connectivity index is 2.05. The highest BCUT2D eigenvalue weighted by Crippen LogP contribution is 2.15. The van der Waals surface area contributed by atoms with Gasteiger partial charge in [0.1, 0.15) is 12.4 Å². The van der Waals surface area contributed by atoms with Crippen LogP contribution in [0, 0.1) is 5.82 Å². The Kier molecular flexibility index (Phi) is 3.94. The third kappa shape index (κ3) is 2.87. The predicted octanol–water partition coefficient (Wildman–Crippen LogP) is 2.08. The number of rotatable bonds is 5. The summed E-state index contributed by atoms with van der Waals surface area (Å²) in [6.45, 7) is 3.46. The molecule has 0 fully saturated rings. The summed E-state index contributed by atoms with van der Waals surface area (Å²) in [6, 6.07) is 4.54. The Labute approximate surface area is 105 Å². The van der Waals surface area contributed by atoms with Gasteiger partial charge in [-0.1, -0.05) is 6.07 Å². The summed E-state index contributed by atoms with van der Waals surface area (Å²) in [7, 11) is 0. The molecule has 5 heteroatoms. The number of nitrogens with zero attached hydrogens (tertiary/aromatic N) is 2. The monoisotopic (exact) mass is 249 g/mol. The van der Waals surface area contributed by atoms with Gasteiger partial charge in [-0.3, -0.25) is 4.68 Å². The summed E-state index contributed by atoms with van der Waals surface area (Å²) >= 11 is 0. The van der Waals surface area contributed by atoms with Gasteiger partial charge in [0.15, 0.2) is 5.75 Å². The molecular formula is C13H16FN3O. The van der Waals surface area contributed by atoms with E-state index in [2.05, 4.69) is 5.10 Å². The quantitative estimate of drug-likeness (QED) is 0.882. The Bertz CT molecular complexity index is 525. The van der Waals surface area contributed by atoms with Crippen LogP contribution in [-0.2, 0) is 19.7 Å². The zero-order valence-corrected chi connectivity index (χ0v) is 10.3. The first-order valence-corrected chi connectivity index (χ1v) is 5.85. The van der Waals surface area contributed by atoms with Gasteiger partial charge in [0.2, 0.25) is 0 Å². The largest absolute Gasteiger partial charge is 0.486 e. The van der Waals surface area contributed by atoms with Crippen LogP contribution in [0.1, 0.15) is 18.1 Å². The van der Waals surface area contributed by atoms with Crippen molar-refractivity contribution in [2.75, 3.05) is 0 Å². The predicted molar refractivity (Wildman–Crippen MR) is 66.5 cm³/mol. The van der Waals surface area contributed by atoms with Crippen molar-refractivity contribution in [3.63, 3.8) is 0 Å². The molecule has 2 rings (SSSR count). The summed E-state index contributed by atoms with van der Waals surface area (Å²) in [5.74, 6) is 0.419. The average molecular weight is 249 g/mol. The van der Waals surface area contributed by atoms with Crippen molar-refractivity contribution < 1.29 is 9.13 Å². The third-order valence-corrected chi connectivity index (χ3v) is 2.72. The fourth-order valence-corrected chi connectivity index (χ4v) is 1.68. The summed E-state index contributed by atoms with van der Waals surface area (Å²) < 4.78 is 20.4. The lowest BCUT2D eigenvalue weighted by molar-refractivity contribution is 0.304. The summed E-state index contributed by atoms with van der Waals surface area (Å²) in [4.78, 5) is 0. The first kappa shape index (κ1) is 12.6. The van der Waals surface area contributed by atoms with Crippen LogP contribution in [0.3, 0.4) is 0 Å². The van der Waals surface area contributed by atoms with Gasteiger partial charge in [-0.15, -0.1) is 0 Å². The van der Waals surface area contributed by atoms with Crippen molar-refractivity contribution in [1.82, 2.24) is 9.78 Å². The van der Waals surface area contributed by atoms with Crippen molar-refractivity contribution >= 4 is 0 Å². The highest BCUT2D eigenvalue weighted by atomic mass is 19.1. The van der Waals surface area contributed by atoms with Crippen molar-refractivity contribution in [3.8, 4) is 5.75 Å². The summed E-state index contributed by atoms with van der Waals surface area (Å²) in [5, 5.41) is 4.11. The number of aromatic nitrogens is 2. The van der Waals surface area contributed by atoms with E-state index in [0.29, 0.717) is 18.9 Å². The van der Waals surface area contributed by atoms with Crippen LogP contribution >= 0.6 is 0 Å². The van der Waals surface area contributed by atoms with Crippen molar-refractivity contribution in [1.29, 1.82) is 0 Å². The number of hydrogen-bond acceptors (Lipinski definition) is 3. The molecule has 96 valence electrons. The normalized spacial score (nSPS) is 10.6. The minimum Gasteiger partial charge on any atom is -0.486 e. The zero-order chi connectivity index (χ0) is 13.0. The maximum Gasteiger partial charge on any atom is 0.157 e. The van der Waals surface area contributed by atoms with E-state index >= 15 is 0 Å². The number of hydrogen-bond donors (Lipinski definition) is 1. The van der Waals surface area contributed by atoms with Crippen molar-refractivity contribution in [3.05, 3.63) is 47.5 Å². The molecule has 0 radical (unpaired) electrons. The number of aryl methyl sites for hydroxylation is 1. The molecule has 1 heterocycles. The van der Waals surface area contributed by atoms with E-state index in [0.717, 1.165) is 17.7 Å². The van der Waals surface area contributed by atoms with Gasteiger partial charge in [-0.25, -0.2) is 4.39 Å². The molecule has 0 aliphatic carbocycles. The average Bonchev–Trinajstić information content (AvgIpc) is 2.85. The van der Waals surface area contributed by atoms with Crippen LogP contribution in [-0.4, -0.2) is 9.78 Å². The van der Waals surface area contributed by atoms with E-state index in [1.54, 1.807) is 16.9 Å². The molecule has 2 aromatic rings. The van der Waals surface area contributed by atoms with Crippen molar-refractivity contribution in [2.24, 2.45) is 5.73 Å². The molecule has 2 N–H and O–H groups in total. The fraction of sp³-hybridized carbons (Fsp3) is 0.308. The molecular weight excluding hydrogens is 233 g/mol. The van der Waals surface area contributed by atoms with Crippen LogP contribution in [0.4, 0.5) is 4.39 Å². The Morgan fingerprint density at radius 2 is 2.22 bits per heavy atom. The highest BCUT2D eigenvalue weighted by Gasteiger charge is 2.05. The molecule has 0 amide bonds. The molecule has 1 aromatic carbocycles. The van der Waals surface area contributed by atoms with Gasteiger partial charge in [-0.05, 0) is 30.2 Å². The molecule has 0 saturated heterocycles. The lowest BCUT2D eigenvalue weighted by atomic mass is 10.1. The fourth-order valence-electron chi connectivity index (χ4n) is 1.68. The van der Waals surface area contributed by atoms with E-state index in [1.165, 1.54) is 12.1 Å². The van der Waals surface area contributed by atoms with Gasteiger partial charge in [0.25, 0.3) is 0 Å². The molecule has 0 atom stereocenters. The number of ether oxygens (including phenoxy) is 1. The van der Waals surface area contributed by atoms with Crippen molar-refractivity contribution in [2.45, 2.75) is 26.6 Å². The summed E-state index contributed by atoms with van der Waals surface area (Å²) in [6.07, 6.45) is 3.49. The second kappa shape index (κ2) is 5.64. The Hall–Kier alpha value is -1.88. The maximum atomic E-state index is 13.0. The van der Waals surface area contributed by atoms with E-state index in [1.807, 2.05) is 13.1 Å². The van der Waals surface area contributed by atoms with Crippen LogP contribution in [0.2, 0.25) is 0 Å². The molecule has 1 aromatic heterocycles. The van der Waals surface area contributed by atoms with Gasteiger partial charge in [-0.2, -0.15) is 5.10 Å². The lowest BCUT2D eigenvalue weighted by Gasteiger charge is -2.08. The van der Waals surface area contributed by atoms with E-state index in [4.69, 9.17) is 10.5 Å². The Morgan fingerprint density at radius 3 is 2.89 bits per heavy atom. The SMILES string of the molecule is CCn1cc(OCc2ccc(F)cc2CN)cn1. The van der Waals surface area contributed by atoms with Gasteiger partial charge < -0.3 is 10.5 Å². The molecule has 0 bridgehead atoms. The first-order chi connectivity index (χ1) is 8.72. The molecule has 0 saturated carbocycles. The van der Waals surface area contributed by atoms with E-state index in [9.17, 15) is 4.39 Å².